The minimum absolute atomic E-state index is 0. The number of halogens is 3. The lowest BCUT2D eigenvalue weighted by Crippen LogP contribution is -2.42. The van der Waals surface area contributed by atoms with Crippen LogP contribution in [0, 0.1) is 11.2 Å². The third kappa shape index (κ3) is 4.32. The lowest BCUT2D eigenvalue weighted by molar-refractivity contribution is 0.156. The van der Waals surface area contributed by atoms with Crippen molar-refractivity contribution in [2.24, 2.45) is 10.4 Å². The van der Waals surface area contributed by atoms with E-state index in [0.29, 0.717) is 29.0 Å². The van der Waals surface area contributed by atoms with Gasteiger partial charge in [0.25, 0.3) is 0 Å². The second-order valence-electron chi connectivity index (χ2n) is 6.40. The molecule has 0 bridgehead atoms. The van der Waals surface area contributed by atoms with Crippen molar-refractivity contribution in [1.29, 1.82) is 0 Å². The van der Waals surface area contributed by atoms with E-state index in [1.165, 1.54) is 6.07 Å². The maximum Gasteiger partial charge on any atom is 0.193 e. The Bertz CT molecular complexity index is 573. The largest absolute Gasteiger partial charge is 0.381 e. The van der Waals surface area contributed by atoms with Crippen LogP contribution in [0.5, 0.6) is 0 Å². The molecule has 2 aliphatic rings. The van der Waals surface area contributed by atoms with E-state index in [4.69, 9.17) is 16.3 Å². The lowest BCUT2D eigenvalue weighted by Gasteiger charge is -2.25. The maximum atomic E-state index is 13.8. The normalized spacial score (nSPS) is 23.6. The molecule has 1 aromatic rings. The number of likely N-dealkylation sites (tertiary alicyclic amines) is 1. The first-order chi connectivity index (χ1) is 11.1. The van der Waals surface area contributed by atoms with E-state index >= 15 is 0 Å². The Labute approximate surface area is 164 Å². The Balaban J connectivity index is 0.00000208. The highest BCUT2D eigenvalue weighted by Gasteiger charge is 2.42. The van der Waals surface area contributed by atoms with E-state index < -0.39 is 0 Å². The fraction of sp³-hybridized carbons (Fsp3) is 0.588. The van der Waals surface area contributed by atoms with Crippen molar-refractivity contribution in [3.8, 4) is 0 Å². The Hall–Kier alpha value is -0.600. The maximum absolute atomic E-state index is 13.8. The van der Waals surface area contributed by atoms with Gasteiger partial charge < -0.3 is 15.0 Å². The third-order valence-corrected chi connectivity index (χ3v) is 5.21. The standard InChI is InChI=1S/C17H23ClFN3O.HI/c1-20-16(22-9-6-17(11-22)7-10-23-12-17)21-8-5-13-14(18)3-2-4-15(13)19;/h2-4H,5-12H2,1H3,(H,20,21);1H. The van der Waals surface area contributed by atoms with Crippen LogP contribution in [0.1, 0.15) is 18.4 Å². The third-order valence-electron chi connectivity index (χ3n) is 4.85. The predicted molar refractivity (Wildman–Crippen MR) is 106 cm³/mol. The van der Waals surface area contributed by atoms with Crippen LogP contribution in [-0.4, -0.2) is 50.8 Å². The van der Waals surface area contributed by atoms with Crippen molar-refractivity contribution in [1.82, 2.24) is 10.2 Å². The molecule has 3 rings (SSSR count). The summed E-state index contributed by atoms with van der Waals surface area (Å²) in [6.45, 7) is 4.29. The number of nitrogens with one attached hydrogen (secondary N) is 1. The van der Waals surface area contributed by atoms with Crippen LogP contribution in [0.15, 0.2) is 23.2 Å². The number of rotatable bonds is 3. The first kappa shape index (κ1) is 19.7. The van der Waals surface area contributed by atoms with Crippen molar-refractivity contribution in [3.05, 3.63) is 34.6 Å². The number of nitrogens with zero attached hydrogens (tertiary/aromatic N) is 2. The van der Waals surface area contributed by atoms with Gasteiger partial charge >= 0.3 is 0 Å². The van der Waals surface area contributed by atoms with Gasteiger partial charge in [-0.25, -0.2) is 4.39 Å². The molecule has 1 unspecified atom stereocenters. The van der Waals surface area contributed by atoms with Crippen LogP contribution in [-0.2, 0) is 11.2 Å². The van der Waals surface area contributed by atoms with Crippen molar-refractivity contribution in [2.45, 2.75) is 19.3 Å². The lowest BCUT2D eigenvalue weighted by atomic mass is 9.87. The van der Waals surface area contributed by atoms with Gasteiger partial charge in [-0.1, -0.05) is 17.7 Å². The van der Waals surface area contributed by atoms with Gasteiger partial charge in [-0.15, -0.1) is 24.0 Å². The fourth-order valence-corrected chi connectivity index (χ4v) is 3.75. The van der Waals surface area contributed by atoms with E-state index in [0.717, 1.165) is 45.1 Å². The van der Waals surface area contributed by atoms with Crippen LogP contribution >= 0.6 is 35.6 Å². The van der Waals surface area contributed by atoms with E-state index in [-0.39, 0.29) is 29.8 Å². The zero-order valence-electron chi connectivity index (χ0n) is 13.9. The average Bonchev–Trinajstić information content (AvgIpc) is 3.17. The molecule has 2 saturated heterocycles. The first-order valence-electron chi connectivity index (χ1n) is 8.10. The Morgan fingerprint density at radius 1 is 1.46 bits per heavy atom. The topological polar surface area (TPSA) is 36.9 Å². The number of benzene rings is 1. The van der Waals surface area contributed by atoms with Crippen molar-refractivity contribution in [2.75, 3.05) is 39.9 Å². The number of guanidine groups is 1. The van der Waals surface area contributed by atoms with Gasteiger partial charge in [-0.05, 0) is 31.4 Å². The summed E-state index contributed by atoms with van der Waals surface area (Å²) in [7, 11) is 1.79. The molecule has 24 heavy (non-hydrogen) atoms. The zero-order chi connectivity index (χ0) is 16.3. The van der Waals surface area contributed by atoms with Crippen LogP contribution in [0.25, 0.3) is 0 Å². The molecule has 0 saturated carbocycles. The number of ether oxygens (including phenoxy) is 1. The highest BCUT2D eigenvalue weighted by molar-refractivity contribution is 14.0. The summed E-state index contributed by atoms with van der Waals surface area (Å²) in [5, 5.41) is 3.81. The van der Waals surface area contributed by atoms with Crippen LogP contribution in [0.4, 0.5) is 4.39 Å². The minimum Gasteiger partial charge on any atom is -0.381 e. The number of hydrogen-bond acceptors (Lipinski definition) is 2. The molecule has 2 fully saturated rings. The summed E-state index contributed by atoms with van der Waals surface area (Å²) < 4.78 is 19.4. The van der Waals surface area contributed by atoms with E-state index in [9.17, 15) is 4.39 Å². The van der Waals surface area contributed by atoms with Crippen LogP contribution in [0.3, 0.4) is 0 Å². The molecule has 1 atom stereocenters. The molecular weight excluding hydrogens is 444 g/mol. The van der Waals surface area contributed by atoms with Gasteiger partial charge in [-0.3, -0.25) is 4.99 Å². The zero-order valence-corrected chi connectivity index (χ0v) is 16.9. The molecule has 0 aromatic heterocycles. The summed E-state index contributed by atoms with van der Waals surface area (Å²) in [6, 6.07) is 4.79. The summed E-state index contributed by atoms with van der Waals surface area (Å²) in [5.41, 5.74) is 0.853. The molecule has 1 spiro atoms. The molecule has 7 heteroatoms. The SMILES string of the molecule is CN=C(NCCc1c(F)cccc1Cl)N1CCC2(CCOC2)C1.I. The van der Waals surface area contributed by atoms with Gasteiger partial charge in [0.15, 0.2) is 5.96 Å². The molecule has 0 aliphatic carbocycles. The summed E-state index contributed by atoms with van der Waals surface area (Å²) in [6.07, 6.45) is 2.81. The first-order valence-corrected chi connectivity index (χ1v) is 8.48. The quantitative estimate of drug-likeness (QED) is 0.421. The minimum atomic E-state index is -0.252. The second kappa shape index (κ2) is 8.67. The smallest absolute Gasteiger partial charge is 0.193 e. The molecule has 1 aromatic carbocycles. The molecule has 4 nitrogen and oxygen atoms in total. The molecule has 1 N–H and O–H groups in total. The molecular formula is C17H24ClFIN3O. The Kier molecular flexibility index (Phi) is 7.12. The van der Waals surface area contributed by atoms with E-state index in [2.05, 4.69) is 15.2 Å². The van der Waals surface area contributed by atoms with Gasteiger partial charge in [0.2, 0.25) is 0 Å². The van der Waals surface area contributed by atoms with Gasteiger partial charge in [0, 0.05) is 49.3 Å². The summed E-state index contributed by atoms with van der Waals surface area (Å²) in [4.78, 5) is 6.64. The fourth-order valence-electron chi connectivity index (χ4n) is 3.49. The monoisotopic (exact) mass is 467 g/mol. The molecule has 0 amide bonds. The second-order valence-corrected chi connectivity index (χ2v) is 6.81. The van der Waals surface area contributed by atoms with Crippen molar-refractivity contribution >= 4 is 41.5 Å². The van der Waals surface area contributed by atoms with Crippen molar-refractivity contribution < 1.29 is 9.13 Å². The summed E-state index contributed by atoms with van der Waals surface area (Å²) >= 11 is 6.07. The van der Waals surface area contributed by atoms with E-state index in [1.807, 2.05) is 0 Å². The van der Waals surface area contributed by atoms with Gasteiger partial charge in [0.05, 0.1) is 6.61 Å². The molecule has 134 valence electrons. The highest BCUT2D eigenvalue weighted by atomic mass is 127. The number of aliphatic imine (C=N–C) groups is 1. The van der Waals surface area contributed by atoms with Crippen molar-refractivity contribution in [3.63, 3.8) is 0 Å². The Morgan fingerprint density at radius 3 is 2.96 bits per heavy atom. The van der Waals surface area contributed by atoms with Gasteiger partial charge in [0.1, 0.15) is 5.82 Å². The number of hydrogen-bond donors (Lipinski definition) is 1. The Morgan fingerprint density at radius 2 is 2.29 bits per heavy atom. The highest BCUT2D eigenvalue weighted by Crippen LogP contribution is 2.38. The molecule has 2 heterocycles. The van der Waals surface area contributed by atoms with Crippen LogP contribution in [0.2, 0.25) is 5.02 Å². The van der Waals surface area contributed by atoms with Crippen LogP contribution < -0.4 is 5.32 Å². The van der Waals surface area contributed by atoms with E-state index in [1.54, 1.807) is 19.2 Å². The predicted octanol–water partition coefficient (Wildman–Crippen LogP) is 3.33. The average molecular weight is 468 g/mol. The molecule has 2 aliphatic heterocycles. The van der Waals surface area contributed by atoms with Gasteiger partial charge in [-0.2, -0.15) is 0 Å². The summed E-state index contributed by atoms with van der Waals surface area (Å²) in [5.74, 6) is 0.624. The molecule has 0 radical (unpaired) electrons.